The Bertz CT molecular complexity index is 1060. The van der Waals surface area contributed by atoms with E-state index in [1.54, 1.807) is 18.2 Å². The Kier molecular flexibility index (Phi) is 7.75. The molecule has 0 aliphatic carbocycles. The molecule has 3 rings (SSSR count). The zero-order chi connectivity index (χ0) is 24.0. The number of aliphatic hydroxyl groups is 2. The summed E-state index contributed by atoms with van der Waals surface area (Å²) in [5.74, 6) is -1.74. The van der Waals surface area contributed by atoms with Crippen LogP contribution in [0.1, 0.15) is 24.1 Å². The molecule has 0 aromatic heterocycles. The number of ether oxygens (including phenoxy) is 2. The van der Waals surface area contributed by atoms with Gasteiger partial charge in [0.2, 0.25) is 0 Å². The first-order chi connectivity index (χ1) is 15.9. The molecule has 10 heteroatoms. The van der Waals surface area contributed by atoms with Crippen LogP contribution in [0.4, 0.5) is 5.69 Å². The predicted molar refractivity (Wildman–Crippen MR) is 118 cm³/mol. The maximum Gasteiger partial charge on any atom is 0.295 e. The number of aliphatic hydroxyl groups excluding tert-OH is 2. The Morgan fingerprint density at radius 3 is 2.45 bits per heavy atom. The Labute approximate surface area is 189 Å². The number of nitro groups is 1. The number of amides is 1. The van der Waals surface area contributed by atoms with Crippen molar-refractivity contribution < 1.29 is 34.2 Å². The molecule has 1 aliphatic rings. The Hall–Kier alpha value is -3.76. The van der Waals surface area contributed by atoms with E-state index in [9.17, 15) is 24.8 Å². The van der Waals surface area contributed by atoms with Gasteiger partial charge in [0.15, 0.2) is 0 Å². The molecule has 2 aromatic rings. The lowest BCUT2D eigenvalue weighted by Gasteiger charge is -2.25. The van der Waals surface area contributed by atoms with E-state index in [0.717, 1.165) is 4.90 Å². The Balaban J connectivity index is 2.12. The third-order valence-electron chi connectivity index (χ3n) is 5.12. The number of carbonyl (C=O) groups is 2. The highest BCUT2D eigenvalue weighted by molar-refractivity contribution is 6.46. The van der Waals surface area contributed by atoms with Gasteiger partial charge >= 0.3 is 0 Å². The molecule has 1 atom stereocenters. The van der Waals surface area contributed by atoms with Gasteiger partial charge in [-0.2, -0.15) is 0 Å². The second-order valence-electron chi connectivity index (χ2n) is 7.10. The normalized spacial score (nSPS) is 17.4. The van der Waals surface area contributed by atoms with E-state index in [1.165, 1.54) is 30.3 Å². The lowest BCUT2D eigenvalue weighted by molar-refractivity contribution is -0.385. The van der Waals surface area contributed by atoms with Gasteiger partial charge in [-0.05, 0) is 37.3 Å². The molecule has 0 radical (unpaired) electrons. The van der Waals surface area contributed by atoms with Crippen LogP contribution in [0.25, 0.3) is 5.76 Å². The number of Topliss-reactive ketones (excluding diaryl/α,β-unsaturated/α-hetero) is 1. The summed E-state index contributed by atoms with van der Waals surface area (Å²) in [6.45, 7) is 2.02. The molecule has 33 heavy (non-hydrogen) atoms. The van der Waals surface area contributed by atoms with E-state index in [4.69, 9.17) is 14.6 Å². The zero-order valence-electron chi connectivity index (χ0n) is 18.0. The van der Waals surface area contributed by atoms with E-state index in [1.807, 2.05) is 6.92 Å². The highest BCUT2D eigenvalue weighted by Gasteiger charge is 2.47. The number of benzene rings is 2. The summed E-state index contributed by atoms with van der Waals surface area (Å²) in [6, 6.07) is 10.9. The van der Waals surface area contributed by atoms with Gasteiger partial charge in [0.25, 0.3) is 17.4 Å². The molecule has 0 saturated carbocycles. The third-order valence-corrected chi connectivity index (χ3v) is 5.12. The van der Waals surface area contributed by atoms with Crippen molar-refractivity contribution in [3.8, 4) is 5.75 Å². The molecule has 0 spiro atoms. The summed E-state index contributed by atoms with van der Waals surface area (Å²) in [4.78, 5) is 38.0. The summed E-state index contributed by atoms with van der Waals surface area (Å²) < 4.78 is 10.6. The van der Waals surface area contributed by atoms with Crippen molar-refractivity contribution in [1.82, 2.24) is 4.90 Å². The summed E-state index contributed by atoms with van der Waals surface area (Å²) >= 11 is 0. The number of rotatable bonds is 10. The fourth-order valence-corrected chi connectivity index (χ4v) is 3.68. The minimum absolute atomic E-state index is 0.00614. The van der Waals surface area contributed by atoms with Crippen LogP contribution in [0.3, 0.4) is 0 Å². The predicted octanol–water partition coefficient (Wildman–Crippen LogP) is 2.42. The fourth-order valence-electron chi connectivity index (χ4n) is 3.68. The molecule has 174 valence electrons. The first-order valence-electron chi connectivity index (χ1n) is 10.3. The van der Waals surface area contributed by atoms with Crippen molar-refractivity contribution in [1.29, 1.82) is 0 Å². The minimum atomic E-state index is -1.18. The molecule has 1 amide bonds. The lowest BCUT2D eigenvalue weighted by Crippen LogP contribution is -2.33. The van der Waals surface area contributed by atoms with Crippen molar-refractivity contribution in [3.05, 3.63) is 75.3 Å². The van der Waals surface area contributed by atoms with E-state index in [2.05, 4.69) is 0 Å². The number of nitrogens with zero attached hydrogens (tertiary/aromatic N) is 2. The molecule has 1 saturated heterocycles. The molecule has 1 heterocycles. The van der Waals surface area contributed by atoms with Crippen LogP contribution in [0.5, 0.6) is 5.75 Å². The van der Waals surface area contributed by atoms with Crippen LogP contribution >= 0.6 is 0 Å². The average molecular weight is 456 g/mol. The van der Waals surface area contributed by atoms with E-state index in [-0.39, 0.29) is 48.8 Å². The van der Waals surface area contributed by atoms with E-state index >= 15 is 0 Å². The van der Waals surface area contributed by atoms with Crippen molar-refractivity contribution >= 4 is 23.1 Å². The lowest BCUT2D eigenvalue weighted by atomic mass is 9.94. The van der Waals surface area contributed by atoms with E-state index < -0.39 is 28.4 Å². The van der Waals surface area contributed by atoms with Gasteiger partial charge in [-0.25, -0.2) is 0 Å². The van der Waals surface area contributed by atoms with Crippen LogP contribution in [0.2, 0.25) is 0 Å². The maximum atomic E-state index is 13.0. The van der Waals surface area contributed by atoms with Crippen molar-refractivity contribution in [2.24, 2.45) is 0 Å². The minimum Gasteiger partial charge on any atom is -0.507 e. The number of hydrogen-bond donors (Lipinski definition) is 2. The van der Waals surface area contributed by atoms with Crippen LogP contribution in [-0.4, -0.2) is 64.7 Å². The summed E-state index contributed by atoms with van der Waals surface area (Å²) in [5, 5.41) is 31.6. The van der Waals surface area contributed by atoms with Gasteiger partial charge in [0.05, 0.1) is 48.5 Å². The summed E-state index contributed by atoms with van der Waals surface area (Å²) in [5.41, 5.74) is -0.184. The van der Waals surface area contributed by atoms with Gasteiger partial charge in [-0.3, -0.25) is 19.7 Å². The zero-order valence-corrected chi connectivity index (χ0v) is 18.0. The molecular formula is C23H24N2O8. The van der Waals surface area contributed by atoms with Gasteiger partial charge in [-0.1, -0.05) is 12.1 Å². The Morgan fingerprint density at radius 1 is 1.12 bits per heavy atom. The highest BCUT2D eigenvalue weighted by atomic mass is 16.6. The number of para-hydroxylation sites is 1. The molecule has 2 aromatic carbocycles. The second-order valence-corrected chi connectivity index (χ2v) is 7.10. The van der Waals surface area contributed by atoms with Crippen LogP contribution < -0.4 is 4.74 Å². The summed E-state index contributed by atoms with van der Waals surface area (Å²) in [7, 11) is 0. The first kappa shape index (κ1) is 23.9. The quantitative estimate of drug-likeness (QED) is 0.139. The monoisotopic (exact) mass is 456 g/mol. The van der Waals surface area contributed by atoms with Crippen LogP contribution in [0, 0.1) is 10.1 Å². The molecule has 0 bridgehead atoms. The molecule has 2 N–H and O–H groups in total. The van der Waals surface area contributed by atoms with Gasteiger partial charge in [0, 0.05) is 18.2 Å². The number of ketones is 1. The first-order valence-corrected chi connectivity index (χ1v) is 10.3. The van der Waals surface area contributed by atoms with Crippen molar-refractivity contribution in [2.75, 3.05) is 33.0 Å². The fraction of sp³-hybridized carbons (Fsp3) is 0.304. The largest absolute Gasteiger partial charge is 0.507 e. The molecule has 10 nitrogen and oxygen atoms in total. The smallest absolute Gasteiger partial charge is 0.295 e. The topological polar surface area (TPSA) is 139 Å². The van der Waals surface area contributed by atoms with Gasteiger partial charge < -0.3 is 24.6 Å². The summed E-state index contributed by atoms with van der Waals surface area (Å²) in [6.07, 6.45) is 0. The third kappa shape index (κ3) is 5.02. The molecule has 1 aliphatic heterocycles. The van der Waals surface area contributed by atoms with Crippen molar-refractivity contribution in [2.45, 2.75) is 13.0 Å². The number of nitro benzene ring substituents is 1. The van der Waals surface area contributed by atoms with Crippen LogP contribution in [-0.2, 0) is 14.3 Å². The molecule has 1 fully saturated rings. The SMILES string of the molecule is CCOc1ccc(/C(O)=C2\C(=O)C(=O)N(CCOCCO)[C@@H]2c2ccccc2[N+](=O)[O-])cc1. The van der Waals surface area contributed by atoms with Crippen LogP contribution in [0.15, 0.2) is 54.1 Å². The molecule has 0 unspecified atom stereocenters. The standard InChI is InChI=1S/C23H24N2O8/c1-2-33-16-9-7-15(8-10-16)21(27)19-20(17-5-3-4-6-18(17)25(30)31)24(23(29)22(19)28)11-13-32-14-12-26/h3-10,20,26-27H,2,11-14H2,1H3/b21-19+/t20-/m1/s1. The van der Waals surface area contributed by atoms with Gasteiger partial charge in [-0.15, -0.1) is 0 Å². The Morgan fingerprint density at radius 2 is 1.82 bits per heavy atom. The van der Waals surface area contributed by atoms with Gasteiger partial charge in [0.1, 0.15) is 11.5 Å². The highest BCUT2D eigenvalue weighted by Crippen LogP contribution is 2.42. The molecular weight excluding hydrogens is 432 g/mol. The average Bonchev–Trinajstić information content (AvgIpc) is 3.07. The van der Waals surface area contributed by atoms with E-state index in [0.29, 0.717) is 12.4 Å². The maximum absolute atomic E-state index is 13.0. The number of carbonyl (C=O) groups excluding carboxylic acids is 2. The van der Waals surface area contributed by atoms with Crippen molar-refractivity contribution in [3.63, 3.8) is 0 Å². The second kappa shape index (κ2) is 10.7. The number of hydrogen-bond acceptors (Lipinski definition) is 8. The number of likely N-dealkylation sites (tertiary alicyclic amines) is 1.